The second-order valence-corrected chi connectivity index (χ2v) is 12.3. The normalized spacial score (nSPS) is 21.4. The summed E-state index contributed by atoms with van der Waals surface area (Å²) in [5, 5.41) is 8.87. The van der Waals surface area contributed by atoms with Crippen molar-refractivity contribution in [2.24, 2.45) is 23.7 Å². The third-order valence-electron chi connectivity index (χ3n) is 8.94. The fourth-order valence-electron chi connectivity index (χ4n) is 6.55. The van der Waals surface area contributed by atoms with Crippen molar-refractivity contribution >= 4 is 5.97 Å². The van der Waals surface area contributed by atoms with Crippen LogP contribution in [0.4, 0.5) is 0 Å². The summed E-state index contributed by atoms with van der Waals surface area (Å²) in [5.41, 5.74) is 0. The van der Waals surface area contributed by atoms with E-state index in [0.29, 0.717) is 18.3 Å². The van der Waals surface area contributed by atoms with Crippen LogP contribution in [0.3, 0.4) is 0 Å². The van der Waals surface area contributed by atoms with E-state index in [1.807, 2.05) is 0 Å². The van der Waals surface area contributed by atoms with Crippen LogP contribution in [0, 0.1) is 23.7 Å². The molecule has 0 fully saturated rings. The van der Waals surface area contributed by atoms with E-state index in [2.05, 4.69) is 45.1 Å². The van der Waals surface area contributed by atoms with Gasteiger partial charge in [-0.25, -0.2) is 0 Å². The first-order valence-electron chi connectivity index (χ1n) is 17.2. The van der Waals surface area contributed by atoms with Crippen molar-refractivity contribution in [1.29, 1.82) is 0 Å². The summed E-state index contributed by atoms with van der Waals surface area (Å²) in [6.07, 6.45) is 41.1. The highest BCUT2D eigenvalue weighted by atomic mass is 16.4. The topological polar surface area (TPSA) is 37.3 Å². The summed E-state index contributed by atoms with van der Waals surface area (Å²) < 4.78 is 0. The number of carbonyl (C=O) groups is 1. The Labute approximate surface area is 238 Å². The first kappa shape index (κ1) is 35.0. The Morgan fingerprint density at radius 2 is 1.08 bits per heavy atom. The number of allylic oxidation sites excluding steroid dienone is 4. The number of hydrogen-bond donors (Lipinski definition) is 1. The SMILES string of the molecule is CCCCCCCC/C=C\C1C(CCCCCCCC(=O)O)C=CC(CCCCCC)C1CCCCCC. The quantitative estimate of drug-likeness (QED) is 0.0891. The molecule has 4 atom stereocenters. The van der Waals surface area contributed by atoms with Gasteiger partial charge in [-0.3, -0.25) is 4.79 Å². The van der Waals surface area contributed by atoms with Crippen LogP contribution < -0.4 is 0 Å². The summed E-state index contributed by atoms with van der Waals surface area (Å²) in [7, 11) is 0. The smallest absolute Gasteiger partial charge is 0.303 e. The lowest BCUT2D eigenvalue weighted by atomic mass is 9.66. The van der Waals surface area contributed by atoms with E-state index in [1.54, 1.807) is 0 Å². The maximum atomic E-state index is 10.8. The predicted octanol–water partition coefficient (Wildman–Crippen LogP) is 12.1. The number of carboxylic acid groups (broad SMARTS) is 1. The molecule has 1 N–H and O–H groups in total. The van der Waals surface area contributed by atoms with Gasteiger partial charge >= 0.3 is 5.97 Å². The molecule has 0 aromatic heterocycles. The molecule has 0 saturated carbocycles. The van der Waals surface area contributed by atoms with Crippen LogP contribution >= 0.6 is 0 Å². The molecule has 222 valence electrons. The summed E-state index contributed by atoms with van der Waals surface area (Å²) >= 11 is 0. The summed E-state index contributed by atoms with van der Waals surface area (Å²) in [4.78, 5) is 10.8. The van der Waals surface area contributed by atoms with Crippen LogP contribution in [0.2, 0.25) is 0 Å². The first-order valence-corrected chi connectivity index (χ1v) is 17.2. The maximum absolute atomic E-state index is 10.8. The van der Waals surface area contributed by atoms with Crippen molar-refractivity contribution in [3.8, 4) is 0 Å². The van der Waals surface area contributed by atoms with Crippen molar-refractivity contribution in [3.05, 3.63) is 24.3 Å². The number of unbranched alkanes of at least 4 members (excludes halogenated alkanes) is 16. The molecule has 0 aliphatic heterocycles. The standard InChI is InChI=1S/C36H66O2/c1-4-7-10-13-14-15-18-23-28-35-33(26-21-17-16-19-24-29-36(37)38)31-30-32(25-20-11-8-5-2)34(35)27-22-12-9-6-3/h23,28,30-35H,4-22,24-27,29H2,1-3H3,(H,37,38)/b28-23-. The van der Waals surface area contributed by atoms with Gasteiger partial charge < -0.3 is 5.11 Å². The monoisotopic (exact) mass is 531 g/mol. The molecule has 0 heterocycles. The number of aliphatic carboxylic acids is 1. The molecule has 0 aromatic rings. The van der Waals surface area contributed by atoms with Gasteiger partial charge in [-0.1, -0.05) is 154 Å². The minimum atomic E-state index is -0.651. The Balaban J connectivity index is 2.76. The average molecular weight is 531 g/mol. The number of rotatable bonds is 26. The van der Waals surface area contributed by atoms with Crippen LogP contribution in [-0.2, 0) is 4.79 Å². The Kier molecular flexibility index (Phi) is 23.0. The molecule has 1 aliphatic rings. The zero-order chi connectivity index (χ0) is 27.7. The largest absolute Gasteiger partial charge is 0.481 e. The van der Waals surface area contributed by atoms with E-state index >= 15 is 0 Å². The molecule has 0 amide bonds. The second-order valence-electron chi connectivity index (χ2n) is 12.3. The van der Waals surface area contributed by atoms with Gasteiger partial charge in [-0.2, -0.15) is 0 Å². The number of carboxylic acids is 1. The predicted molar refractivity (Wildman–Crippen MR) is 168 cm³/mol. The van der Waals surface area contributed by atoms with E-state index in [4.69, 9.17) is 5.11 Å². The average Bonchev–Trinajstić information content (AvgIpc) is 2.91. The lowest BCUT2D eigenvalue weighted by molar-refractivity contribution is -0.137. The number of hydrogen-bond acceptors (Lipinski definition) is 1. The zero-order valence-electron chi connectivity index (χ0n) is 25.9. The van der Waals surface area contributed by atoms with Crippen LogP contribution in [0.25, 0.3) is 0 Å². The van der Waals surface area contributed by atoms with Gasteiger partial charge in [0.15, 0.2) is 0 Å². The van der Waals surface area contributed by atoms with Crippen molar-refractivity contribution in [2.75, 3.05) is 0 Å². The van der Waals surface area contributed by atoms with Crippen molar-refractivity contribution < 1.29 is 9.90 Å². The van der Waals surface area contributed by atoms with Crippen LogP contribution in [0.15, 0.2) is 24.3 Å². The highest BCUT2D eigenvalue weighted by Crippen LogP contribution is 2.43. The van der Waals surface area contributed by atoms with Crippen molar-refractivity contribution in [3.63, 3.8) is 0 Å². The first-order chi connectivity index (χ1) is 18.6. The van der Waals surface area contributed by atoms with Gasteiger partial charge in [0.05, 0.1) is 0 Å². The van der Waals surface area contributed by atoms with E-state index < -0.39 is 5.97 Å². The van der Waals surface area contributed by atoms with Gasteiger partial charge in [-0.05, 0) is 62.2 Å². The minimum absolute atomic E-state index is 0.330. The highest BCUT2D eigenvalue weighted by Gasteiger charge is 2.33. The van der Waals surface area contributed by atoms with Gasteiger partial charge in [-0.15, -0.1) is 0 Å². The van der Waals surface area contributed by atoms with Gasteiger partial charge in [0.2, 0.25) is 0 Å². The third-order valence-corrected chi connectivity index (χ3v) is 8.94. The molecular formula is C36H66O2. The Morgan fingerprint density at radius 1 is 0.605 bits per heavy atom. The fraction of sp³-hybridized carbons (Fsp3) is 0.861. The maximum Gasteiger partial charge on any atom is 0.303 e. The molecular weight excluding hydrogens is 464 g/mol. The lowest BCUT2D eigenvalue weighted by Crippen LogP contribution is -2.30. The Morgan fingerprint density at radius 3 is 1.71 bits per heavy atom. The van der Waals surface area contributed by atoms with Gasteiger partial charge in [0.1, 0.15) is 0 Å². The molecule has 1 aliphatic carbocycles. The molecule has 0 bridgehead atoms. The van der Waals surface area contributed by atoms with Crippen molar-refractivity contribution in [1.82, 2.24) is 0 Å². The molecule has 0 aromatic carbocycles. The molecule has 1 rings (SSSR count). The van der Waals surface area contributed by atoms with E-state index in [1.165, 1.54) is 135 Å². The van der Waals surface area contributed by atoms with Crippen LogP contribution in [0.1, 0.15) is 175 Å². The Bertz CT molecular complexity index is 592. The highest BCUT2D eigenvalue weighted by molar-refractivity contribution is 5.66. The van der Waals surface area contributed by atoms with E-state index in [0.717, 1.165) is 24.7 Å². The molecule has 4 unspecified atom stereocenters. The summed E-state index contributed by atoms with van der Waals surface area (Å²) in [5.74, 6) is 2.34. The van der Waals surface area contributed by atoms with Crippen LogP contribution in [0.5, 0.6) is 0 Å². The van der Waals surface area contributed by atoms with E-state index in [-0.39, 0.29) is 0 Å². The minimum Gasteiger partial charge on any atom is -0.481 e. The molecule has 0 radical (unpaired) electrons. The Hall–Kier alpha value is -1.05. The molecule has 2 heteroatoms. The third kappa shape index (κ3) is 17.5. The zero-order valence-corrected chi connectivity index (χ0v) is 25.9. The molecule has 38 heavy (non-hydrogen) atoms. The fourth-order valence-corrected chi connectivity index (χ4v) is 6.55. The molecule has 0 saturated heterocycles. The van der Waals surface area contributed by atoms with Gasteiger partial charge in [0.25, 0.3) is 0 Å². The molecule has 2 nitrogen and oxygen atoms in total. The van der Waals surface area contributed by atoms with Gasteiger partial charge in [0, 0.05) is 6.42 Å². The molecule has 0 spiro atoms. The summed E-state index contributed by atoms with van der Waals surface area (Å²) in [6.45, 7) is 6.94. The lowest BCUT2D eigenvalue weighted by Gasteiger charge is -2.39. The summed E-state index contributed by atoms with van der Waals surface area (Å²) in [6, 6.07) is 0. The van der Waals surface area contributed by atoms with Crippen LogP contribution in [-0.4, -0.2) is 11.1 Å². The van der Waals surface area contributed by atoms with E-state index in [9.17, 15) is 4.79 Å². The second kappa shape index (κ2) is 25.0. The van der Waals surface area contributed by atoms with Crippen molar-refractivity contribution in [2.45, 2.75) is 175 Å².